The lowest BCUT2D eigenvalue weighted by molar-refractivity contribution is -0.137. The lowest BCUT2D eigenvalue weighted by atomic mass is 10.1. The third kappa shape index (κ3) is 4.46. The van der Waals surface area contributed by atoms with Crippen LogP contribution in [0.5, 0.6) is 5.75 Å². The lowest BCUT2D eigenvalue weighted by Crippen LogP contribution is -2.12. The minimum absolute atomic E-state index is 0.193. The fraction of sp³-hybridized carbons (Fsp3) is 0.158. The average Bonchev–Trinajstić information content (AvgIpc) is 3.13. The maximum Gasteiger partial charge on any atom is 0.416 e. The highest BCUT2D eigenvalue weighted by Gasteiger charge is 2.30. The first-order valence-corrected chi connectivity index (χ1v) is 8.14. The first-order chi connectivity index (χ1) is 12.9. The molecule has 3 rings (SSSR count). The Morgan fingerprint density at radius 3 is 2.37 bits per heavy atom. The molecule has 0 saturated carbocycles. The molecule has 0 saturated heterocycles. The van der Waals surface area contributed by atoms with Crippen molar-refractivity contribution < 1.29 is 22.7 Å². The lowest BCUT2D eigenvalue weighted by Gasteiger charge is -2.08. The van der Waals surface area contributed by atoms with Crippen LogP contribution in [0, 0.1) is 0 Å². The number of nitrogens with zero attached hydrogens (tertiary/aromatic N) is 1. The molecule has 1 heterocycles. The van der Waals surface area contributed by atoms with Crippen LogP contribution in [0.15, 0.2) is 54.6 Å². The molecule has 1 amide bonds. The predicted molar refractivity (Wildman–Crippen MR) is 94.6 cm³/mol. The van der Waals surface area contributed by atoms with Gasteiger partial charge in [-0.2, -0.15) is 18.3 Å². The van der Waals surface area contributed by atoms with E-state index >= 15 is 0 Å². The van der Waals surface area contributed by atoms with Crippen molar-refractivity contribution in [1.29, 1.82) is 0 Å². The number of aromatic nitrogens is 2. The normalized spacial score (nSPS) is 11.3. The van der Waals surface area contributed by atoms with Crippen LogP contribution in [0.1, 0.15) is 23.0 Å². The average molecular weight is 375 g/mol. The zero-order valence-electron chi connectivity index (χ0n) is 14.3. The Kier molecular flexibility index (Phi) is 5.16. The van der Waals surface area contributed by atoms with Crippen molar-refractivity contribution in [3.63, 3.8) is 0 Å². The predicted octanol–water partition coefficient (Wildman–Crippen LogP) is 4.75. The van der Waals surface area contributed by atoms with Gasteiger partial charge in [-0.05, 0) is 61.5 Å². The molecule has 0 aliphatic rings. The number of nitrogens with one attached hydrogen (secondary N) is 2. The van der Waals surface area contributed by atoms with Gasteiger partial charge in [-0.1, -0.05) is 0 Å². The number of amides is 1. The summed E-state index contributed by atoms with van der Waals surface area (Å²) in [5.74, 6) is 0.233. The zero-order chi connectivity index (χ0) is 19.4. The topological polar surface area (TPSA) is 67.0 Å². The number of carbonyl (C=O) groups excluding carboxylic acids is 1. The molecule has 5 nitrogen and oxygen atoms in total. The van der Waals surface area contributed by atoms with Crippen molar-refractivity contribution >= 4 is 11.6 Å². The molecule has 8 heteroatoms. The number of benzene rings is 2. The SMILES string of the molecule is CCOc1ccc(-c2cc(C(=O)Nc3ccc(C(F)(F)F)cc3)[nH]n2)cc1. The summed E-state index contributed by atoms with van der Waals surface area (Å²) in [7, 11) is 0. The highest BCUT2D eigenvalue weighted by atomic mass is 19.4. The Labute approximate surface area is 153 Å². The van der Waals surface area contributed by atoms with Gasteiger partial charge in [-0.15, -0.1) is 0 Å². The molecule has 1 aromatic heterocycles. The van der Waals surface area contributed by atoms with Crippen LogP contribution >= 0.6 is 0 Å². The van der Waals surface area contributed by atoms with E-state index in [9.17, 15) is 18.0 Å². The molecule has 2 N–H and O–H groups in total. The summed E-state index contributed by atoms with van der Waals surface area (Å²) < 4.78 is 43.1. The standard InChI is InChI=1S/C19H16F3N3O2/c1-2-27-15-9-3-12(4-10-15)16-11-17(25-24-16)18(26)23-14-7-5-13(6-8-14)19(20,21)22/h3-11H,2H2,1H3,(H,23,26)(H,24,25). The zero-order valence-corrected chi connectivity index (χ0v) is 14.3. The summed E-state index contributed by atoms with van der Waals surface area (Å²) in [6, 6.07) is 13.0. The van der Waals surface area contributed by atoms with Gasteiger partial charge in [0.05, 0.1) is 17.9 Å². The number of aromatic amines is 1. The van der Waals surface area contributed by atoms with Gasteiger partial charge < -0.3 is 10.1 Å². The fourth-order valence-corrected chi connectivity index (χ4v) is 2.42. The van der Waals surface area contributed by atoms with E-state index < -0.39 is 17.6 Å². The fourth-order valence-electron chi connectivity index (χ4n) is 2.42. The van der Waals surface area contributed by atoms with Crippen LogP contribution < -0.4 is 10.1 Å². The van der Waals surface area contributed by atoms with Gasteiger partial charge in [0, 0.05) is 11.3 Å². The first kappa shape index (κ1) is 18.5. The molecule has 3 aromatic rings. The third-order valence-corrected chi connectivity index (χ3v) is 3.75. The number of hydrogen-bond acceptors (Lipinski definition) is 3. The second-order valence-electron chi connectivity index (χ2n) is 5.65. The van der Waals surface area contributed by atoms with E-state index in [0.717, 1.165) is 23.4 Å². The number of halogens is 3. The summed E-state index contributed by atoms with van der Waals surface area (Å²) in [5, 5.41) is 9.25. The number of hydrogen-bond donors (Lipinski definition) is 2. The molecular formula is C19H16F3N3O2. The molecular weight excluding hydrogens is 359 g/mol. The number of rotatable bonds is 5. The van der Waals surface area contributed by atoms with E-state index in [2.05, 4.69) is 15.5 Å². The molecule has 0 bridgehead atoms. The Morgan fingerprint density at radius 1 is 1.11 bits per heavy atom. The summed E-state index contributed by atoms with van der Waals surface area (Å²) in [4.78, 5) is 12.3. The van der Waals surface area contributed by atoms with E-state index in [4.69, 9.17) is 4.74 Å². The molecule has 140 valence electrons. The molecule has 27 heavy (non-hydrogen) atoms. The molecule has 0 fully saturated rings. The molecule has 0 aliphatic heterocycles. The third-order valence-electron chi connectivity index (χ3n) is 3.75. The van der Waals surface area contributed by atoms with Crippen LogP contribution in [0.2, 0.25) is 0 Å². The number of anilines is 1. The van der Waals surface area contributed by atoms with Gasteiger partial charge in [0.2, 0.25) is 0 Å². The van der Waals surface area contributed by atoms with Crippen LogP contribution in [0.25, 0.3) is 11.3 Å². The summed E-state index contributed by atoms with van der Waals surface area (Å²) in [6.07, 6.45) is -4.42. The van der Waals surface area contributed by atoms with Crippen LogP contribution in [-0.2, 0) is 6.18 Å². The van der Waals surface area contributed by atoms with E-state index in [1.165, 1.54) is 12.1 Å². The number of ether oxygens (including phenoxy) is 1. The summed E-state index contributed by atoms with van der Waals surface area (Å²) >= 11 is 0. The largest absolute Gasteiger partial charge is 0.494 e. The minimum Gasteiger partial charge on any atom is -0.494 e. The van der Waals surface area contributed by atoms with Gasteiger partial charge >= 0.3 is 6.18 Å². The van der Waals surface area contributed by atoms with Crippen LogP contribution in [-0.4, -0.2) is 22.7 Å². The maximum absolute atomic E-state index is 12.6. The van der Waals surface area contributed by atoms with Gasteiger partial charge in [0.15, 0.2) is 0 Å². The number of alkyl halides is 3. The number of carbonyl (C=O) groups is 1. The number of H-pyrrole nitrogens is 1. The summed E-state index contributed by atoms with van der Waals surface area (Å²) in [5.41, 5.74) is 1.03. The molecule has 0 radical (unpaired) electrons. The quantitative estimate of drug-likeness (QED) is 0.676. The van der Waals surface area contributed by atoms with Crippen molar-refractivity contribution in [3.8, 4) is 17.0 Å². The van der Waals surface area contributed by atoms with Crippen molar-refractivity contribution in [2.45, 2.75) is 13.1 Å². The van der Waals surface area contributed by atoms with Crippen molar-refractivity contribution in [2.75, 3.05) is 11.9 Å². The van der Waals surface area contributed by atoms with E-state index in [-0.39, 0.29) is 11.4 Å². The van der Waals surface area contributed by atoms with Crippen molar-refractivity contribution in [3.05, 3.63) is 65.9 Å². The van der Waals surface area contributed by atoms with Crippen LogP contribution in [0.4, 0.5) is 18.9 Å². The minimum atomic E-state index is -4.42. The molecule has 0 atom stereocenters. The highest BCUT2D eigenvalue weighted by Crippen LogP contribution is 2.30. The Hall–Kier alpha value is -3.29. The van der Waals surface area contributed by atoms with Gasteiger partial charge in [-0.3, -0.25) is 9.89 Å². The van der Waals surface area contributed by atoms with Gasteiger partial charge in [-0.25, -0.2) is 0 Å². The molecule has 0 spiro atoms. The van der Waals surface area contributed by atoms with Gasteiger partial charge in [0.1, 0.15) is 11.4 Å². The maximum atomic E-state index is 12.6. The monoisotopic (exact) mass is 375 g/mol. The van der Waals surface area contributed by atoms with Crippen molar-refractivity contribution in [2.24, 2.45) is 0 Å². The molecule has 0 unspecified atom stereocenters. The highest BCUT2D eigenvalue weighted by molar-refractivity contribution is 6.03. The first-order valence-electron chi connectivity index (χ1n) is 8.14. The second kappa shape index (κ2) is 7.53. The summed E-state index contributed by atoms with van der Waals surface area (Å²) in [6.45, 7) is 2.46. The Balaban J connectivity index is 1.69. The van der Waals surface area contributed by atoms with Crippen molar-refractivity contribution in [1.82, 2.24) is 10.2 Å². The van der Waals surface area contributed by atoms with E-state index in [0.29, 0.717) is 12.3 Å². The Bertz CT molecular complexity index is 917. The van der Waals surface area contributed by atoms with Crippen LogP contribution in [0.3, 0.4) is 0 Å². The van der Waals surface area contributed by atoms with E-state index in [1.807, 2.05) is 19.1 Å². The molecule has 2 aromatic carbocycles. The van der Waals surface area contributed by atoms with Gasteiger partial charge in [0.25, 0.3) is 5.91 Å². The second-order valence-corrected chi connectivity index (χ2v) is 5.65. The smallest absolute Gasteiger partial charge is 0.416 e. The molecule has 0 aliphatic carbocycles. The van der Waals surface area contributed by atoms with E-state index in [1.54, 1.807) is 18.2 Å². The Morgan fingerprint density at radius 2 is 1.78 bits per heavy atom.